The number of rotatable bonds is 5. The number of fused-ring (bicyclic) bond motifs is 1. The molecule has 0 spiro atoms. The molecule has 1 unspecified atom stereocenters. The SMILES string of the molecule is C[C@H]1C[C@@H](NC(=O)CCC2CC2(F)F)CN(c2ccc(C#N)c3nccnc23)C1. The summed E-state index contributed by atoms with van der Waals surface area (Å²) in [5.74, 6) is -3.05. The Hall–Kier alpha value is -2.82. The Kier molecular flexibility index (Phi) is 5.07. The lowest BCUT2D eigenvalue weighted by Gasteiger charge is -2.38. The fraction of sp³-hybridized carbons (Fsp3) is 0.524. The van der Waals surface area contributed by atoms with Gasteiger partial charge in [-0.2, -0.15) is 5.26 Å². The molecule has 1 amide bonds. The van der Waals surface area contributed by atoms with E-state index in [2.05, 4.69) is 33.2 Å². The van der Waals surface area contributed by atoms with Crippen LogP contribution < -0.4 is 10.2 Å². The number of amides is 1. The summed E-state index contributed by atoms with van der Waals surface area (Å²) in [6.07, 6.45) is 4.28. The second kappa shape index (κ2) is 7.54. The van der Waals surface area contributed by atoms with Crippen molar-refractivity contribution in [3.63, 3.8) is 0 Å². The van der Waals surface area contributed by atoms with Crippen LogP contribution in [0.25, 0.3) is 11.0 Å². The first-order valence-corrected chi connectivity index (χ1v) is 9.93. The number of carbonyl (C=O) groups is 1. The Morgan fingerprint density at radius 2 is 2.03 bits per heavy atom. The molecule has 2 aliphatic rings. The van der Waals surface area contributed by atoms with E-state index in [0.29, 0.717) is 29.1 Å². The van der Waals surface area contributed by atoms with E-state index in [-0.39, 0.29) is 31.2 Å². The summed E-state index contributed by atoms with van der Waals surface area (Å²) in [7, 11) is 0. The molecule has 1 aliphatic carbocycles. The molecule has 2 aromatic rings. The number of halogens is 2. The third-order valence-electron chi connectivity index (χ3n) is 5.77. The molecular formula is C21H23F2N5O. The maximum atomic E-state index is 13.0. The minimum Gasteiger partial charge on any atom is -0.367 e. The third kappa shape index (κ3) is 4.14. The molecule has 6 nitrogen and oxygen atoms in total. The van der Waals surface area contributed by atoms with E-state index in [0.717, 1.165) is 18.7 Å². The van der Waals surface area contributed by atoms with Crippen LogP contribution in [-0.4, -0.2) is 40.9 Å². The molecular weight excluding hydrogens is 376 g/mol. The highest BCUT2D eigenvalue weighted by molar-refractivity contribution is 5.92. The highest BCUT2D eigenvalue weighted by atomic mass is 19.3. The lowest BCUT2D eigenvalue weighted by atomic mass is 9.94. The fourth-order valence-corrected chi connectivity index (χ4v) is 4.23. The Morgan fingerprint density at radius 1 is 1.31 bits per heavy atom. The average molecular weight is 399 g/mol. The standard InChI is InChI=1S/C21H23F2N5O/c1-13-8-16(27-18(29)5-3-15-9-21(15,22)23)12-28(11-13)17-4-2-14(10-24)19-20(17)26-7-6-25-19/h2,4,6-7,13,15-16H,3,5,8-9,11-12H2,1H3,(H,27,29)/t13-,15?,16+/m0/s1. The van der Waals surface area contributed by atoms with Gasteiger partial charge < -0.3 is 10.2 Å². The van der Waals surface area contributed by atoms with E-state index in [4.69, 9.17) is 0 Å². The van der Waals surface area contributed by atoms with Crippen LogP contribution in [0, 0.1) is 23.2 Å². The van der Waals surface area contributed by atoms with Gasteiger partial charge in [0.2, 0.25) is 5.91 Å². The summed E-state index contributed by atoms with van der Waals surface area (Å²) in [6, 6.07) is 5.71. The number of aromatic nitrogens is 2. The van der Waals surface area contributed by atoms with Crippen molar-refractivity contribution in [1.82, 2.24) is 15.3 Å². The maximum absolute atomic E-state index is 13.0. The molecule has 2 fully saturated rings. The number of piperidine rings is 1. The second-order valence-corrected chi connectivity index (χ2v) is 8.21. The molecule has 29 heavy (non-hydrogen) atoms. The summed E-state index contributed by atoms with van der Waals surface area (Å²) < 4.78 is 26.0. The topological polar surface area (TPSA) is 81.9 Å². The van der Waals surface area contributed by atoms with Crippen LogP contribution in [0.2, 0.25) is 0 Å². The van der Waals surface area contributed by atoms with Gasteiger partial charge in [-0.15, -0.1) is 0 Å². The van der Waals surface area contributed by atoms with Crippen molar-refractivity contribution < 1.29 is 13.6 Å². The molecule has 3 atom stereocenters. The molecule has 1 N–H and O–H groups in total. The predicted molar refractivity (Wildman–Crippen MR) is 104 cm³/mol. The van der Waals surface area contributed by atoms with E-state index < -0.39 is 11.8 Å². The summed E-state index contributed by atoms with van der Waals surface area (Å²) in [4.78, 5) is 23.2. The van der Waals surface area contributed by atoms with Crippen molar-refractivity contribution in [2.45, 2.75) is 44.6 Å². The van der Waals surface area contributed by atoms with Gasteiger partial charge >= 0.3 is 0 Å². The zero-order valence-electron chi connectivity index (χ0n) is 16.2. The number of alkyl halides is 2. The summed E-state index contributed by atoms with van der Waals surface area (Å²) in [5, 5.41) is 12.3. The van der Waals surface area contributed by atoms with Crippen LogP contribution in [-0.2, 0) is 4.79 Å². The highest BCUT2D eigenvalue weighted by Crippen LogP contribution is 2.51. The van der Waals surface area contributed by atoms with Gasteiger partial charge in [-0.1, -0.05) is 6.92 Å². The predicted octanol–water partition coefficient (Wildman–Crippen LogP) is 3.27. The summed E-state index contributed by atoms with van der Waals surface area (Å²) >= 11 is 0. The second-order valence-electron chi connectivity index (χ2n) is 8.21. The van der Waals surface area contributed by atoms with Crippen LogP contribution in [0.15, 0.2) is 24.5 Å². The van der Waals surface area contributed by atoms with Gasteiger partial charge in [-0.25, -0.2) is 8.78 Å². The number of nitrogens with one attached hydrogen (secondary N) is 1. The van der Waals surface area contributed by atoms with Crippen LogP contribution in [0.5, 0.6) is 0 Å². The van der Waals surface area contributed by atoms with Crippen LogP contribution >= 0.6 is 0 Å². The van der Waals surface area contributed by atoms with Crippen molar-refractivity contribution >= 4 is 22.6 Å². The first kappa shape index (κ1) is 19.5. The minimum atomic E-state index is -2.58. The Labute approximate surface area is 167 Å². The van der Waals surface area contributed by atoms with E-state index in [1.807, 2.05) is 6.07 Å². The fourth-order valence-electron chi connectivity index (χ4n) is 4.23. The number of hydrogen-bond acceptors (Lipinski definition) is 5. The third-order valence-corrected chi connectivity index (χ3v) is 5.77. The van der Waals surface area contributed by atoms with Crippen molar-refractivity contribution in [3.05, 3.63) is 30.1 Å². The Morgan fingerprint density at radius 3 is 2.72 bits per heavy atom. The normalized spacial score (nSPS) is 25.4. The number of nitriles is 1. The molecule has 0 bridgehead atoms. The van der Waals surface area contributed by atoms with Gasteiger partial charge in [0, 0.05) is 50.3 Å². The first-order valence-electron chi connectivity index (χ1n) is 9.93. The lowest BCUT2D eigenvalue weighted by molar-refractivity contribution is -0.122. The van der Waals surface area contributed by atoms with Crippen LogP contribution in [0.1, 0.15) is 38.2 Å². The molecule has 1 aliphatic heterocycles. The zero-order valence-corrected chi connectivity index (χ0v) is 16.2. The summed E-state index contributed by atoms with van der Waals surface area (Å²) in [6.45, 7) is 3.53. The number of anilines is 1. The Bertz CT molecular complexity index is 973. The number of nitrogens with zero attached hydrogens (tertiary/aromatic N) is 4. The van der Waals surface area contributed by atoms with Crippen molar-refractivity contribution in [3.8, 4) is 6.07 Å². The van der Waals surface area contributed by atoms with Gasteiger partial charge in [0.15, 0.2) is 0 Å². The molecule has 1 aromatic carbocycles. The molecule has 152 valence electrons. The van der Waals surface area contributed by atoms with Crippen LogP contribution in [0.3, 0.4) is 0 Å². The zero-order chi connectivity index (χ0) is 20.6. The monoisotopic (exact) mass is 399 g/mol. The van der Waals surface area contributed by atoms with Crippen LogP contribution in [0.4, 0.5) is 14.5 Å². The van der Waals surface area contributed by atoms with E-state index in [1.165, 1.54) is 0 Å². The smallest absolute Gasteiger partial charge is 0.251 e. The van der Waals surface area contributed by atoms with E-state index in [9.17, 15) is 18.8 Å². The van der Waals surface area contributed by atoms with Gasteiger partial charge in [0.25, 0.3) is 5.92 Å². The number of carbonyl (C=O) groups excluding carboxylic acids is 1. The molecule has 1 aromatic heterocycles. The molecule has 4 rings (SSSR count). The quantitative estimate of drug-likeness (QED) is 0.835. The van der Waals surface area contributed by atoms with E-state index in [1.54, 1.807) is 18.5 Å². The lowest BCUT2D eigenvalue weighted by Crippen LogP contribution is -2.50. The minimum absolute atomic E-state index is 0.0617. The Balaban J connectivity index is 1.46. The van der Waals surface area contributed by atoms with Crippen molar-refractivity contribution in [2.75, 3.05) is 18.0 Å². The van der Waals surface area contributed by atoms with Crippen molar-refractivity contribution in [2.24, 2.45) is 11.8 Å². The highest BCUT2D eigenvalue weighted by Gasteiger charge is 2.56. The van der Waals surface area contributed by atoms with Gasteiger partial charge in [-0.3, -0.25) is 14.8 Å². The molecule has 1 saturated heterocycles. The van der Waals surface area contributed by atoms with E-state index >= 15 is 0 Å². The largest absolute Gasteiger partial charge is 0.367 e. The van der Waals surface area contributed by atoms with Gasteiger partial charge in [0.05, 0.1) is 11.3 Å². The summed E-state index contributed by atoms with van der Waals surface area (Å²) in [5.41, 5.74) is 2.59. The van der Waals surface area contributed by atoms with Crippen molar-refractivity contribution in [1.29, 1.82) is 5.26 Å². The molecule has 8 heteroatoms. The maximum Gasteiger partial charge on any atom is 0.251 e. The first-order chi connectivity index (χ1) is 13.9. The molecule has 1 saturated carbocycles. The average Bonchev–Trinajstić information content (AvgIpc) is 3.31. The molecule has 0 radical (unpaired) electrons. The number of hydrogen-bond donors (Lipinski definition) is 1. The van der Waals surface area contributed by atoms with Gasteiger partial charge in [0.1, 0.15) is 17.1 Å². The van der Waals surface area contributed by atoms with Gasteiger partial charge in [-0.05, 0) is 30.9 Å². The molecule has 2 heterocycles. The number of benzene rings is 1.